The Morgan fingerprint density at radius 1 is 1.60 bits per heavy atom. The molecule has 0 aliphatic carbocycles. The molecule has 0 spiro atoms. The summed E-state index contributed by atoms with van der Waals surface area (Å²) in [6.07, 6.45) is 0.278. The number of phenolic OH excluding ortho intramolecular Hbond substituents is 1. The summed E-state index contributed by atoms with van der Waals surface area (Å²) < 4.78 is 4.51. The van der Waals surface area contributed by atoms with Gasteiger partial charge in [-0.2, -0.15) is 0 Å². The third-order valence-corrected chi connectivity index (χ3v) is 2.18. The molecule has 4 nitrogen and oxygen atoms in total. The largest absolute Gasteiger partial charge is 0.508 e. The maximum Gasteiger partial charge on any atom is 0.322 e. The molecule has 4 heteroatoms. The molecule has 0 saturated carbocycles. The molecule has 1 atom stereocenters. The van der Waals surface area contributed by atoms with Gasteiger partial charge in [-0.1, -0.05) is 17.7 Å². The minimum absolute atomic E-state index is 0.153. The highest BCUT2D eigenvalue weighted by molar-refractivity contribution is 5.75. The van der Waals surface area contributed by atoms with Crippen LogP contribution in [0.3, 0.4) is 0 Å². The number of aromatic hydroxyl groups is 1. The highest BCUT2D eigenvalue weighted by Crippen LogP contribution is 2.19. The number of carbonyl (C=O) groups excluding carboxylic acids is 1. The number of aryl methyl sites for hydroxylation is 1. The highest BCUT2D eigenvalue weighted by atomic mass is 16.5. The third kappa shape index (κ3) is 2.95. The minimum Gasteiger partial charge on any atom is -0.508 e. The molecule has 0 saturated heterocycles. The quantitative estimate of drug-likeness (QED) is 0.720. The van der Waals surface area contributed by atoms with Crippen LogP contribution in [0.15, 0.2) is 18.2 Å². The van der Waals surface area contributed by atoms with Gasteiger partial charge >= 0.3 is 5.97 Å². The van der Waals surface area contributed by atoms with Crippen molar-refractivity contribution in [1.29, 1.82) is 0 Å². The Morgan fingerprint density at radius 2 is 2.27 bits per heavy atom. The van der Waals surface area contributed by atoms with E-state index in [4.69, 9.17) is 5.73 Å². The zero-order valence-electron chi connectivity index (χ0n) is 8.86. The molecule has 0 aliphatic rings. The molecule has 3 N–H and O–H groups in total. The molecule has 0 bridgehead atoms. The van der Waals surface area contributed by atoms with Crippen LogP contribution in [0.25, 0.3) is 0 Å². The van der Waals surface area contributed by atoms with Crippen molar-refractivity contribution in [3.63, 3.8) is 0 Å². The number of hydrogen-bond donors (Lipinski definition) is 2. The Balaban J connectivity index is 2.80. The number of phenols is 1. The van der Waals surface area contributed by atoms with Crippen LogP contribution in [0.1, 0.15) is 11.1 Å². The van der Waals surface area contributed by atoms with Crippen molar-refractivity contribution < 1.29 is 14.6 Å². The van der Waals surface area contributed by atoms with Gasteiger partial charge in [-0.3, -0.25) is 4.79 Å². The lowest BCUT2D eigenvalue weighted by Crippen LogP contribution is -2.33. The average Bonchev–Trinajstić information content (AvgIpc) is 2.22. The van der Waals surface area contributed by atoms with E-state index < -0.39 is 12.0 Å². The number of methoxy groups -OCH3 is 1. The van der Waals surface area contributed by atoms with Crippen LogP contribution in [-0.4, -0.2) is 24.2 Å². The first-order valence-corrected chi connectivity index (χ1v) is 4.66. The first-order chi connectivity index (χ1) is 7.04. The van der Waals surface area contributed by atoms with Crippen molar-refractivity contribution in [3.05, 3.63) is 29.3 Å². The Kier molecular flexibility index (Phi) is 3.68. The van der Waals surface area contributed by atoms with Gasteiger partial charge in [0.15, 0.2) is 0 Å². The normalized spacial score (nSPS) is 12.2. The highest BCUT2D eigenvalue weighted by Gasteiger charge is 2.16. The van der Waals surface area contributed by atoms with Gasteiger partial charge in [0.2, 0.25) is 0 Å². The monoisotopic (exact) mass is 209 g/mol. The summed E-state index contributed by atoms with van der Waals surface area (Å²) in [6.45, 7) is 1.91. The summed E-state index contributed by atoms with van der Waals surface area (Å²) in [5.41, 5.74) is 7.27. The molecule has 0 aromatic heterocycles. The fourth-order valence-electron chi connectivity index (χ4n) is 1.35. The van der Waals surface area contributed by atoms with Gasteiger partial charge in [0.25, 0.3) is 0 Å². The standard InChI is InChI=1S/C11H15NO3/c1-7-3-4-10(13)8(5-7)6-9(12)11(14)15-2/h3-5,9,13H,6,12H2,1-2H3/t9-/m1/s1. The van der Waals surface area contributed by atoms with Gasteiger partial charge < -0.3 is 15.6 Å². The number of hydrogen-bond acceptors (Lipinski definition) is 4. The molecular weight excluding hydrogens is 194 g/mol. The maximum atomic E-state index is 11.1. The van der Waals surface area contributed by atoms with Crippen LogP contribution in [-0.2, 0) is 16.0 Å². The number of esters is 1. The molecule has 82 valence electrons. The molecule has 1 rings (SSSR count). The van der Waals surface area contributed by atoms with Crippen LogP contribution in [0.2, 0.25) is 0 Å². The van der Waals surface area contributed by atoms with Gasteiger partial charge in [-0.25, -0.2) is 0 Å². The molecule has 0 radical (unpaired) electrons. The topological polar surface area (TPSA) is 72.5 Å². The predicted octanol–water partition coefficient (Wildman–Crippen LogP) is 0.743. The van der Waals surface area contributed by atoms with Crippen LogP contribution in [0.4, 0.5) is 0 Å². The third-order valence-electron chi connectivity index (χ3n) is 2.18. The summed E-state index contributed by atoms with van der Waals surface area (Å²) in [4.78, 5) is 11.1. The van der Waals surface area contributed by atoms with Gasteiger partial charge in [0.1, 0.15) is 11.8 Å². The molecule has 0 fully saturated rings. The van der Waals surface area contributed by atoms with Crippen LogP contribution < -0.4 is 5.73 Å². The zero-order valence-corrected chi connectivity index (χ0v) is 8.86. The van der Waals surface area contributed by atoms with Crippen molar-refractivity contribution in [2.75, 3.05) is 7.11 Å². The number of nitrogens with two attached hydrogens (primary N) is 1. The fourth-order valence-corrected chi connectivity index (χ4v) is 1.35. The lowest BCUT2D eigenvalue weighted by atomic mass is 10.0. The Bertz CT molecular complexity index is 363. The van der Waals surface area contributed by atoms with E-state index in [0.717, 1.165) is 5.56 Å². The number of benzene rings is 1. The fraction of sp³-hybridized carbons (Fsp3) is 0.364. The van der Waals surface area contributed by atoms with Crippen LogP contribution in [0.5, 0.6) is 5.75 Å². The van der Waals surface area contributed by atoms with Gasteiger partial charge in [-0.05, 0) is 18.6 Å². The van der Waals surface area contributed by atoms with E-state index in [1.54, 1.807) is 18.2 Å². The first-order valence-electron chi connectivity index (χ1n) is 4.66. The van der Waals surface area contributed by atoms with Gasteiger partial charge in [-0.15, -0.1) is 0 Å². The second kappa shape index (κ2) is 4.79. The number of carbonyl (C=O) groups is 1. The van der Waals surface area contributed by atoms with Crippen molar-refractivity contribution in [3.8, 4) is 5.75 Å². The van der Waals surface area contributed by atoms with Gasteiger partial charge in [0, 0.05) is 6.42 Å². The zero-order chi connectivity index (χ0) is 11.4. The lowest BCUT2D eigenvalue weighted by Gasteiger charge is -2.10. The Morgan fingerprint density at radius 3 is 2.87 bits per heavy atom. The Hall–Kier alpha value is -1.55. The molecule has 0 aliphatic heterocycles. The summed E-state index contributed by atoms with van der Waals surface area (Å²) in [7, 11) is 1.29. The molecule has 15 heavy (non-hydrogen) atoms. The SMILES string of the molecule is COC(=O)[C@H](N)Cc1cc(C)ccc1O. The van der Waals surface area contributed by atoms with Crippen molar-refractivity contribution in [2.24, 2.45) is 5.73 Å². The van der Waals surface area contributed by atoms with E-state index in [1.807, 2.05) is 6.92 Å². The second-order valence-corrected chi connectivity index (χ2v) is 3.47. The maximum absolute atomic E-state index is 11.1. The lowest BCUT2D eigenvalue weighted by molar-refractivity contribution is -0.142. The van der Waals surface area contributed by atoms with Crippen molar-refractivity contribution in [2.45, 2.75) is 19.4 Å². The van der Waals surface area contributed by atoms with Crippen LogP contribution in [0, 0.1) is 6.92 Å². The molecule has 0 unspecified atom stereocenters. The van der Waals surface area contributed by atoms with Gasteiger partial charge in [0.05, 0.1) is 7.11 Å². The van der Waals surface area contributed by atoms with E-state index in [0.29, 0.717) is 5.56 Å². The number of rotatable bonds is 3. The molecule has 1 aromatic rings. The predicted molar refractivity (Wildman–Crippen MR) is 56.5 cm³/mol. The summed E-state index contributed by atoms with van der Waals surface area (Å²) >= 11 is 0. The van der Waals surface area contributed by atoms with E-state index in [-0.39, 0.29) is 12.2 Å². The first kappa shape index (κ1) is 11.5. The Labute approximate surface area is 88.7 Å². The second-order valence-electron chi connectivity index (χ2n) is 3.47. The molecule has 0 amide bonds. The average molecular weight is 209 g/mol. The molecule has 0 heterocycles. The minimum atomic E-state index is -0.734. The van der Waals surface area contributed by atoms with E-state index >= 15 is 0 Å². The summed E-state index contributed by atoms with van der Waals surface area (Å²) in [6, 6.07) is 4.46. The van der Waals surface area contributed by atoms with E-state index in [2.05, 4.69) is 4.74 Å². The van der Waals surface area contributed by atoms with E-state index in [1.165, 1.54) is 7.11 Å². The number of ether oxygens (including phenoxy) is 1. The van der Waals surface area contributed by atoms with Crippen LogP contribution >= 0.6 is 0 Å². The van der Waals surface area contributed by atoms with Crippen molar-refractivity contribution >= 4 is 5.97 Å². The van der Waals surface area contributed by atoms with Crippen molar-refractivity contribution in [1.82, 2.24) is 0 Å². The summed E-state index contributed by atoms with van der Waals surface area (Å²) in [5, 5.41) is 9.53. The molecule has 1 aromatic carbocycles. The smallest absolute Gasteiger partial charge is 0.322 e. The van der Waals surface area contributed by atoms with E-state index in [9.17, 15) is 9.90 Å². The molecular formula is C11H15NO3. The summed E-state index contributed by atoms with van der Waals surface area (Å²) in [5.74, 6) is -0.323.